The van der Waals surface area contributed by atoms with Crippen LogP contribution in [0.5, 0.6) is 0 Å². The minimum atomic E-state index is -0.611. The maximum Gasteiger partial charge on any atom is 0.311 e. The Labute approximate surface area is 167 Å². The van der Waals surface area contributed by atoms with E-state index in [1.807, 2.05) is 4.90 Å². The summed E-state index contributed by atoms with van der Waals surface area (Å²) in [6.45, 7) is 2.99. The van der Waals surface area contributed by atoms with Gasteiger partial charge in [-0.3, -0.25) is 14.4 Å². The van der Waals surface area contributed by atoms with Crippen LogP contribution in [0.4, 0.5) is 0 Å². The zero-order chi connectivity index (χ0) is 20.1. The van der Waals surface area contributed by atoms with Crippen molar-refractivity contribution in [3.8, 4) is 0 Å². The Hall–Kier alpha value is -1.67. The molecule has 8 heteroatoms. The minimum absolute atomic E-state index is 0.110. The first kappa shape index (κ1) is 21.0. The average molecular weight is 395 g/mol. The van der Waals surface area contributed by atoms with E-state index in [1.54, 1.807) is 14.1 Å². The third-order valence-corrected chi connectivity index (χ3v) is 6.22. The summed E-state index contributed by atoms with van der Waals surface area (Å²) in [6.07, 6.45) is 6.69. The summed E-state index contributed by atoms with van der Waals surface area (Å²) in [5.74, 6) is -0.887. The van der Waals surface area contributed by atoms with Crippen LogP contribution in [-0.4, -0.2) is 86.0 Å². The molecule has 0 aromatic rings. The van der Waals surface area contributed by atoms with E-state index in [4.69, 9.17) is 4.74 Å². The number of amides is 3. The minimum Gasteiger partial charge on any atom is -0.376 e. The molecule has 3 amide bonds. The van der Waals surface area contributed by atoms with Crippen LogP contribution in [0, 0.1) is 5.92 Å². The van der Waals surface area contributed by atoms with Crippen LogP contribution in [0.3, 0.4) is 0 Å². The Morgan fingerprint density at radius 3 is 2.39 bits per heavy atom. The summed E-state index contributed by atoms with van der Waals surface area (Å²) >= 11 is 0. The lowest BCUT2D eigenvalue weighted by Gasteiger charge is -2.44. The summed E-state index contributed by atoms with van der Waals surface area (Å²) in [5.41, 5.74) is 0. The molecule has 2 heterocycles. The van der Waals surface area contributed by atoms with Gasteiger partial charge in [-0.1, -0.05) is 6.42 Å². The van der Waals surface area contributed by atoms with Crippen LogP contribution in [0.1, 0.15) is 44.9 Å². The van der Waals surface area contributed by atoms with Crippen molar-refractivity contribution >= 4 is 17.7 Å². The van der Waals surface area contributed by atoms with Gasteiger partial charge in [0.1, 0.15) is 0 Å². The van der Waals surface area contributed by atoms with E-state index in [0.717, 1.165) is 58.0 Å². The van der Waals surface area contributed by atoms with Crippen LogP contribution in [0.2, 0.25) is 0 Å². The molecule has 0 spiro atoms. The molecule has 0 radical (unpaired) electrons. The third kappa shape index (κ3) is 5.03. The van der Waals surface area contributed by atoms with Crippen molar-refractivity contribution in [2.75, 3.05) is 40.3 Å². The van der Waals surface area contributed by atoms with Crippen LogP contribution < -0.4 is 10.6 Å². The SMILES string of the molecule is CN(C)C(=O)C(=O)NC1CCCN(C(=O)C2CCC2)C1COC1CCNCC1. The first-order valence-electron chi connectivity index (χ1n) is 10.6. The molecule has 2 unspecified atom stereocenters. The second kappa shape index (κ2) is 9.69. The lowest BCUT2D eigenvalue weighted by Crippen LogP contribution is -2.61. The van der Waals surface area contributed by atoms with E-state index in [0.29, 0.717) is 13.2 Å². The highest BCUT2D eigenvalue weighted by atomic mass is 16.5. The fourth-order valence-corrected chi connectivity index (χ4v) is 4.22. The molecule has 2 N–H and O–H groups in total. The van der Waals surface area contributed by atoms with Crippen molar-refractivity contribution in [2.45, 2.75) is 63.1 Å². The number of hydrogen-bond acceptors (Lipinski definition) is 5. The molecular weight excluding hydrogens is 360 g/mol. The van der Waals surface area contributed by atoms with E-state index in [2.05, 4.69) is 10.6 Å². The molecule has 158 valence electrons. The Morgan fingerprint density at radius 1 is 1.07 bits per heavy atom. The second-order valence-electron chi connectivity index (χ2n) is 8.43. The number of likely N-dealkylation sites (N-methyl/N-ethyl adjacent to an activating group) is 1. The number of nitrogens with one attached hydrogen (secondary N) is 2. The molecule has 8 nitrogen and oxygen atoms in total. The largest absolute Gasteiger partial charge is 0.376 e. The highest BCUT2D eigenvalue weighted by Crippen LogP contribution is 2.31. The van der Waals surface area contributed by atoms with Crippen LogP contribution in [-0.2, 0) is 19.1 Å². The molecule has 0 bridgehead atoms. The number of ether oxygens (including phenoxy) is 1. The molecule has 2 atom stereocenters. The number of rotatable bonds is 5. The Bertz CT molecular complexity index is 573. The topological polar surface area (TPSA) is 91.0 Å². The van der Waals surface area contributed by atoms with Crippen molar-refractivity contribution in [3.63, 3.8) is 0 Å². The number of hydrogen-bond donors (Lipinski definition) is 2. The van der Waals surface area contributed by atoms with Gasteiger partial charge in [-0.2, -0.15) is 0 Å². The summed E-state index contributed by atoms with van der Waals surface area (Å²) in [7, 11) is 3.12. The Morgan fingerprint density at radius 2 is 1.79 bits per heavy atom. The second-order valence-corrected chi connectivity index (χ2v) is 8.43. The number of carbonyl (C=O) groups is 3. The van der Waals surface area contributed by atoms with Gasteiger partial charge in [0.25, 0.3) is 0 Å². The molecule has 3 aliphatic rings. The average Bonchev–Trinajstić information content (AvgIpc) is 2.65. The predicted molar refractivity (Wildman–Crippen MR) is 105 cm³/mol. The zero-order valence-electron chi connectivity index (χ0n) is 17.1. The first-order valence-corrected chi connectivity index (χ1v) is 10.6. The van der Waals surface area contributed by atoms with Crippen molar-refractivity contribution in [3.05, 3.63) is 0 Å². The van der Waals surface area contributed by atoms with Gasteiger partial charge >= 0.3 is 11.8 Å². The maximum atomic E-state index is 13.0. The normalized spacial score (nSPS) is 26.4. The summed E-state index contributed by atoms with van der Waals surface area (Å²) in [6, 6.07) is -0.466. The summed E-state index contributed by atoms with van der Waals surface area (Å²) < 4.78 is 6.17. The molecule has 28 heavy (non-hydrogen) atoms. The van der Waals surface area contributed by atoms with Gasteiger partial charge in [0, 0.05) is 26.6 Å². The van der Waals surface area contributed by atoms with Crippen LogP contribution in [0.25, 0.3) is 0 Å². The monoisotopic (exact) mass is 394 g/mol. The van der Waals surface area contributed by atoms with Crippen LogP contribution in [0.15, 0.2) is 0 Å². The predicted octanol–water partition coefficient (Wildman–Crippen LogP) is 0.119. The van der Waals surface area contributed by atoms with Crippen molar-refractivity contribution in [1.29, 1.82) is 0 Å². The molecule has 0 aromatic carbocycles. The smallest absolute Gasteiger partial charge is 0.311 e. The molecule has 0 aromatic heterocycles. The van der Waals surface area contributed by atoms with E-state index < -0.39 is 11.8 Å². The van der Waals surface area contributed by atoms with E-state index in [1.165, 1.54) is 4.90 Å². The number of nitrogens with zero attached hydrogens (tertiary/aromatic N) is 2. The van der Waals surface area contributed by atoms with Gasteiger partial charge in [-0.05, 0) is 51.6 Å². The van der Waals surface area contributed by atoms with Crippen molar-refractivity contribution in [2.24, 2.45) is 5.92 Å². The van der Waals surface area contributed by atoms with Gasteiger partial charge < -0.3 is 25.2 Å². The highest BCUT2D eigenvalue weighted by Gasteiger charge is 2.40. The zero-order valence-corrected chi connectivity index (χ0v) is 17.1. The molecule has 1 aliphatic carbocycles. The number of carbonyl (C=O) groups excluding carboxylic acids is 3. The Kier molecular flexibility index (Phi) is 7.29. The summed E-state index contributed by atoms with van der Waals surface area (Å²) in [5, 5.41) is 6.21. The molecule has 2 saturated heterocycles. The molecule has 3 rings (SSSR count). The molecule has 1 saturated carbocycles. The third-order valence-electron chi connectivity index (χ3n) is 6.22. The lowest BCUT2D eigenvalue weighted by atomic mass is 9.83. The van der Waals surface area contributed by atoms with Crippen LogP contribution >= 0.6 is 0 Å². The van der Waals surface area contributed by atoms with Gasteiger partial charge in [-0.25, -0.2) is 0 Å². The Balaban J connectivity index is 1.68. The van der Waals surface area contributed by atoms with Crippen molar-refractivity contribution < 1.29 is 19.1 Å². The number of piperidine rings is 2. The maximum absolute atomic E-state index is 13.0. The highest BCUT2D eigenvalue weighted by molar-refractivity contribution is 6.34. The fourth-order valence-electron chi connectivity index (χ4n) is 4.22. The quantitative estimate of drug-likeness (QED) is 0.647. The molecule has 3 fully saturated rings. The van der Waals surface area contributed by atoms with Gasteiger partial charge in [-0.15, -0.1) is 0 Å². The van der Waals surface area contributed by atoms with Gasteiger partial charge in [0.05, 0.1) is 24.8 Å². The first-order chi connectivity index (χ1) is 13.5. The van der Waals surface area contributed by atoms with E-state index in [-0.39, 0.29) is 30.0 Å². The van der Waals surface area contributed by atoms with Crippen molar-refractivity contribution in [1.82, 2.24) is 20.4 Å². The summed E-state index contributed by atoms with van der Waals surface area (Å²) in [4.78, 5) is 40.5. The molecular formula is C20H34N4O4. The lowest BCUT2D eigenvalue weighted by molar-refractivity contribution is -0.149. The number of likely N-dealkylation sites (tertiary alicyclic amines) is 1. The standard InChI is InChI=1S/C20H34N4O4/c1-23(2)20(27)18(25)22-16-7-4-12-24(19(26)14-5-3-6-14)17(16)13-28-15-8-10-21-11-9-15/h14-17,21H,3-13H2,1-2H3,(H,22,25). The van der Waals surface area contributed by atoms with E-state index >= 15 is 0 Å². The van der Waals surface area contributed by atoms with E-state index in [9.17, 15) is 14.4 Å². The van der Waals surface area contributed by atoms with Gasteiger partial charge in [0.2, 0.25) is 5.91 Å². The fraction of sp³-hybridized carbons (Fsp3) is 0.850. The molecule has 2 aliphatic heterocycles. The van der Waals surface area contributed by atoms with Gasteiger partial charge in [0.15, 0.2) is 0 Å².